The number of nitrogens with zero attached hydrogens (tertiary/aromatic N) is 3. The zero-order chi connectivity index (χ0) is 28.4. The van der Waals surface area contributed by atoms with Crippen LogP contribution in [-0.4, -0.2) is 45.4 Å². The maximum absolute atomic E-state index is 12.0. The van der Waals surface area contributed by atoms with Gasteiger partial charge in [-0.25, -0.2) is 4.79 Å². The molecule has 0 saturated carbocycles. The van der Waals surface area contributed by atoms with E-state index in [4.69, 9.17) is 17.0 Å². The molecule has 0 radical (unpaired) electrons. The Labute approximate surface area is 237 Å². The zero-order valence-corrected chi connectivity index (χ0v) is 23.1. The second-order valence-electron chi connectivity index (χ2n) is 9.54. The minimum atomic E-state index is -0.974. The van der Waals surface area contributed by atoms with E-state index >= 15 is 0 Å². The number of carbonyl (C=O) groups excluding carboxylic acids is 1. The summed E-state index contributed by atoms with van der Waals surface area (Å²) < 4.78 is 6.96. The first-order valence-corrected chi connectivity index (χ1v) is 13.1. The van der Waals surface area contributed by atoms with Crippen molar-refractivity contribution in [3.05, 3.63) is 107 Å². The minimum Gasteiger partial charge on any atom is -0.478 e. The molecule has 0 spiro atoms. The third kappa shape index (κ3) is 5.18. The smallest absolute Gasteiger partial charge is 0.335 e. The molecule has 1 saturated heterocycles. The van der Waals surface area contributed by atoms with Gasteiger partial charge in [-0.3, -0.25) is 9.78 Å². The SMILES string of the molecule is COCC(=O)Nc1ccc(N2C(=S)N[C@@H](c3ccccn3)[C@@H]2c2cc(C)n(-c3cccc(C(=O)O)c3)c2C)cc1. The highest BCUT2D eigenvalue weighted by Crippen LogP contribution is 2.44. The predicted molar refractivity (Wildman–Crippen MR) is 157 cm³/mol. The molecule has 0 unspecified atom stereocenters. The number of aromatic nitrogens is 2. The van der Waals surface area contributed by atoms with Crippen LogP contribution in [0.3, 0.4) is 0 Å². The molecular formula is C30H29N5O4S. The minimum absolute atomic E-state index is 0.0271. The van der Waals surface area contributed by atoms with Crippen LogP contribution < -0.4 is 15.5 Å². The molecule has 3 N–H and O–H groups in total. The Balaban J connectivity index is 1.59. The Hall–Kier alpha value is -4.54. The number of carboxylic acids is 1. The van der Waals surface area contributed by atoms with Gasteiger partial charge in [-0.05, 0) is 92.3 Å². The molecule has 2 aromatic heterocycles. The number of rotatable bonds is 8. The van der Waals surface area contributed by atoms with Crippen molar-refractivity contribution in [3.8, 4) is 5.69 Å². The fourth-order valence-corrected chi connectivity index (χ4v) is 5.59. The van der Waals surface area contributed by atoms with Gasteiger partial charge in [0, 0.05) is 41.8 Å². The first-order valence-electron chi connectivity index (χ1n) is 12.7. The lowest BCUT2D eigenvalue weighted by atomic mass is 9.96. The highest BCUT2D eigenvalue weighted by molar-refractivity contribution is 7.80. The molecule has 2 atom stereocenters. The van der Waals surface area contributed by atoms with E-state index in [0.717, 1.165) is 34.0 Å². The highest BCUT2D eigenvalue weighted by atomic mass is 32.1. The first kappa shape index (κ1) is 27.0. The molecule has 0 bridgehead atoms. The van der Waals surface area contributed by atoms with Gasteiger partial charge in [-0.15, -0.1) is 0 Å². The lowest BCUT2D eigenvalue weighted by molar-refractivity contribution is -0.119. The van der Waals surface area contributed by atoms with Crippen LogP contribution in [0.25, 0.3) is 5.69 Å². The Morgan fingerprint density at radius 3 is 2.50 bits per heavy atom. The van der Waals surface area contributed by atoms with Crippen molar-refractivity contribution < 1.29 is 19.4 Å². The Kier molecular flexibility index (Phi) is 7.63. The Bertz CT molecular complexity index is 1570. The molecule has 40 heavy (non-hydrogen) atoms. The molecule has 1 fully saturated rings. The predicted octanol–water partition coefficient (Wildman–Crippen LogP) is 4.95. The lowest BCUT2D eigenvalue weighted by Crippen LogP contribution is -2.29. The van der Waals surface area contributed by atoms with E-state index in [1.54, 1.807) is 24.4 Å². The van der Waals surface area contributed by atoms with Crippen molar-refractivity contribution in [3.63, 3.8) is 0 Å². The number of aromatic carboxylic acids is 1. The van der Waals surface area contributed by atoms with Crippen LogP contribution in [-0.2, 0) is 9.53 Å². The topological polar surface area (TPSA) is 109 Å². The summed E-state index contributed by atoms with van der Waals surface area (Å²) in [6, 6.07) is 21.8. The number of methoxy groups -OCH3 is 1. The van der Waals surface area contributed by atoms with Gasteiger partial charge in [0.1, 0.15) is 6.61 Å². The van der Waals surface area contributed by atoms with Crippen LogP contribution in [0.5, 0.6) is 0 Å². The van der Waals surface area contributed by atoms with E-state index in [1.165, 1.54) is 7.11 Å². The number of hydrogen-bond donors (Lipinski definition) is 3. The number of anilines is 2. The molecule has 1 aliphatic rings. The van der Waals surface area contributed by atoms with Crippen molar-refractivity contribution in [2.45, 2.75) is 25.9 Å². The van der Waals surface area contributed by atoms with Crippen molar-refractivity contribution in [1.82, 2.24) is 14.9 Å². The van der Waals surface area contributed by atoms with Gasteiger partial charge in [-0.1, -0.05) is 12.1 Å². The molecule has 204 valence electrons. The summed E-state index contributed by atoms with van der Waals surface area (Å²) in [6.45, 7) is 4.00. The van der Waals surface area contributed by atoms with E-state index in [9.17, 15) is 14.7 Å². The number of thiocarbonyl (C=S) groups is 1. The number of pyridine rings is 1. The number of carbonyl (C=O) groups is 2. The molecule has 10 heteroatoms. The quantitative estimate of drug-likeness (QED) is 0.262. The van der Waals surface area contributed by atoms with Gasteiger partial charge >= 0.3 is 5.97 Å². The average Bonchev–Trinajstić information content (AvgIpc) is 3.44. The van der Waals surface area contributed by atoms with E-state index in [-0.39, 0.29) is 30.2 Å². The summed E-state index contributed by atoms with van der Waals surface area (Å²) in [5.41, 5.74) is 6.29. The molecule has 1 aliphatic heterocycles. The summed E-state index contributed by atoms with van der Waals surface area (Å²) in [6.07, 6.45) is 1.76. The molecule has 5 rings (SSSR count). The van der Waals surface area contributed by atoms with E-state index in [2.05, 4.69) is 31.2 Å². The van der Waals surface area contributed by atoms with Gasteiger partial charge in [0.15, 0.2) is 5.11 Å². The first-order chi connectivity index (χ1) is 19.3. The van der Waals surface area contributed by atoms with Crippen molar-refractivity contribution in [2.75, 3.05) is 23.9 Å². The highest BCUT2D eigenvalue weighted by Gasteiger charge is 2.42. The lowest BCUT2D eigenvalue weighted by Gasteiger charge is -2.28. The molecule has 3 heterocycles. The largest absolute Gasteiger partial charge is 0.478 e. The number of hydrogen-bond acceptors (Lipinski definition) is 5. The van der Waals surface area contributed by atoms with Gasteiger partial charge in [0.25, 0.3) is 0 Å². The second-order valence-corrected chi connectivity index (χ2v) is 9.93. The fourth-order valence-electron chi connectivity index (χ4n) is 5.24. The summed E-state index contributed by atoms with van der Waals surface area (Å²) in [5.74, 6) is -1.21. The van der Waals surface area contributed by atoms with E-state index < -0.39 is 5.97 Å². The van der Waals surface area contributed by atoms with Crippen LogP contribution in [0, 0.1) is 13.8 Å². The molecule has 1 amide bonds. The maximum Gasteiger partial charge on any atom is 0.335 e. The van der Waals surface area contributed by atoms with Gasteiger partial charge in [-0.2, -0.15) is 0 Å². The summed E-state index contributed by atoms with van der Waals surface area (Å²) >= 11 is 5.86. The van der Waals surface area contributed by atoms with E-state index in [1.807, 2.05) is 62.4 Å². The number of ether oxygens (including phenoxy) is 1. The number of amides is 1. The van der Waals surface area contributed by atoms with Crippen molar-refractivity contribution in [2.24, 2.45) is 0 Å². The van der Waals surface area contributed by atoms with Crippen LogP contribution in [0.1, 0.15) is 45.1 Å². The van der Waals surface area contributed by atoms with Crippen LogP contribution in [0.15, 0.2) is 79.0 Å². The second kappa shape index (κ2) is 11.3. The molecule has 0 aliphatic carbocycles. The third-order valence-corrected chi connectivity index (χ3v) is 7.26. The maximum atomic E-state index is 12.0. The zero-order valence-electron chi connectivity index (χ0n) is 22.3. The Morgan fingerprint density at radius 1 is 1.05 bits per heavy atom. The average molecular weight is 556 g/mol. The number of aryl methyl sites for hydroxylation is 1. The number of benzene rings is 2. The summed E-state index contributed by atoms with van der Waals surface area (Å²) in [4.78, 5) is 30.3. The number of nitrogens with one attached hydrogen (secondary N) is 2. The van der Waals surface area contributed by atoms with Crippen LogP contribution >= 0.6 is 12.2 Å². The van der Waals surface area contributed by atoms with E-state index in [0.29, 0.717) is 10.8 Å². The van der Waals surface area contributed by atoms with Crippen molar-refractivity contribution in [1.29, 1.82) is 0 Å². The third-order valence-electron chi connectivity index (χ3n) is 6.94. The fraction of sp³-hybridized carbons (Fsp3) is 0.200. The van der Waals surface area contributed by atoms with Gasteiger partial charge in [0.05, 0.1) is 23.3 Å². The molecule has 9 nitrogen and oxygen atoms in total. The molecule has 2 aromatic carbocycles. The van der Waals surface area contributed by atoms with Crippen LogP contribution in [0.2, 0.25) is 0 Å². The Morgan fingerprint density at radius 2 is 1.82 bits per heavy atom. The summed E-state index contributed by atoms with van der Waals surface area (Å²) in [5, 5.41) is 16.4. The summed E-state index contributed by atoms with van der Waals surface area (Å²) in [7, 11) is 1.47. The van der Waals surface area contributed by atoms with Gasteiger partial charge in [0.2, 0.25) is 5.91 Å². The van der Waals surface area contributed by atoms with Crippen LogP contribution in [0.4, 0.5) is 11.4 Å². The monoisotopic (exact) mass is 555 g/mol. The number of carboxylic acid groups (broad SMARTS) is 1. The molecule has 4 aromatic rings. The standard InChI is InChI=1S/C30H29N5O4S/c1-18-15-24(19(2)34(18)23-8-6-7-20(16-23)29(37)38)28-27(25-9-4-5-14-31-25)33-30(40)35(28)22-12-10-21(11-13-22)32-26(36)17-39-3/h4-16,27-28H,17H2,1-3H3,(H,32,36)(H,33,40)(H,37,38)/t27-,28-/m0/s1. The molecular weight excluding hydrogens is 526 g/mol. The normalized spacial score (nSPS) is 16.6. The van der Waals surface area contributed by atoms with Gasteiger partial charge < -0.3 is 29.9 Å². The van der Waals surface area contributed by atoms with Crippen molar-refractivity contribution >= 4 is 40.6 Å².